The van der Waals surface area contributed by atoms with Crippen molar-refractivity contribution in [1.29, 1.82) is 0 Å². The highest BCUT2D eigenvalue weighted by atomic mass is 19.3. The van der Waals surface area contributed by atoms with Gasteiger partial charge in [-0.3, -0.25) is 19.1 Å². The number of nitrogens with one attached hydrogen (secondary N) is 1. The third-order valence-electron chi connectivity index (χ3n) is 6.51. The molecule has 0 atom stereocenters. The summed E-state index contributed by atoms with van der Waals surface area (Å²) in [4.78, 5) is 34.9. The second kappa shape index (κ2) is 11.8. The van der Waals surface area contributed by atoms with E-state index in [0.717, 1.165) is 24.4 Å². The minimum absolute atomic E-state index is 0.0779. The molecule has 13 heteroatoms. The van der Waals surface area contributed by atoms with E-state index in [2.05, 4.69) is 15.3 Å². The summed E-state index contributed by atoms with van der Waals surface area (Å²) in [5.74, 6) is -2.10. The molecule has 220 valence electrons. The van der Waals surface area contributed by atoms with Crippen molar-refractivity contribution in [1.82, 2.24) is 14.5 Å². The van der Waals surface area contributed by atoms with Gasteiger partial charge in [-0.05, 0) is 36.8 Å². The lowest BCUT2D eigenvalue weighted by Gasteiger charge is -2.16. The average molecular weight is 595 g/mol. The molecule has 0 saturated carbocycles. The van der Waals surface area contributed by atoms with Gasteiger partial charge in [0.25, 0.3) is 11.8 Å². The number of carbonyl (C=O) groups excluding carboxylic acids is 1. The van der Waals surface area contributed by atoms with Crippen LogP contribution in [0.4, 0.5) is 23.2 Å². The monoisotopic (exact) mass is 594 g/mol. The molecule has 0 bridgehead atoms. The van der Waals surface area contributed by atoms with Crippen molar-refractivity contribution in [2.45, 2.75) is 13.5 Å². The third kappa shape index (κ3) is 5.69. The highest BCUT2D eigenvalue weighted by molar-refractivity contribution is 6.04. The number of hydrogen-bond donors (Lipinski definition) is 1. The Morgan fingerprint density at radius 2 is 1.70 bits per heavy atom. The van der Waals surface area contributed by atoms with Crippen LogP contribution in [-0.4, -0.2) is 34.7 Å². The predicted octanol–water partition coefficient (Wildman–Crippen LogP) is 6.50. The zero-order valence-electron chi connectivity index (χ0n) is 22.8. The Morgan fingerprint density at radius 1 is 0.953 bits per heavy atom. The summed E-state index contributed by atoms with van der Waals surface area (Å²) in [6, 6.07) is 11.2. The fourth-order valence-electron chi connectivity index (χ4n) is 4.41. The van der Waals surface area contributed by atoms with Crippen molar-refractivity contribution < 1.29 is 36.6 Å². The van der Waals surface area contributed by atoms with Crippen LogP contribution in [0, 0.1) is 18.6 Å². The van der Waals surface area contributed by atoms with Gasteiger partial charge in [-0.2, -0.15) is 8.78 Å². The van der Waals surface area contributed by atoms with E-state index in [4.69, 9.17) is 14.2 Å². The molecule has 0 spiro atoms. The molecule has 2 aromatic carbocycles. The summed E-state index contributed by atoms with van der Waals surface area (Å²) >= 11 is 0. The number of nitrogens with zero attached hydrogens (tertiary/aromatic N) is 3. The van der Waals surface area contributed by atoms with Crippen LogP contribution in [0.2, 0.25) is 0 Å². The highest BCUT2D eigenvalue weighted by Gasteiger charge is 2.23. The van der Waals surface area contributed by atoms with Crippen LogP contribution in [-0.2, 0) is 0 Å². The van der Waals surface area contributed by atoms with E-state index in [9.17, 15) is 22.8 Å². The predicted molar refractivity (Wildman–Crippen MR) is 149 cm³/mol. The molecule has 5 rings (SSSR count). The van der Waals surface area contributed by atoms with E-state index in [-0.39, 0.29) is 45.4 Å². The van der Waals surface area contributed by atoms with Gasteiger partial charge < -0.3 is 19.5 Å². The van der Waals surface area contributed by atoms with E-state index in [1.165, 1.54) is 57.7 Å². The molecular formula is C30H22F4N4O5. The number of ether oxygens (including phenoxy) is 3. The van der Waals surface area contributed by atoms with Crippen molar-refractivity contribution in [2.75, 3.05) is 19.5 Å². The second-order valence-corrected chi connectivity index (χ2v) is 9.10. The highest BCUT2D eigenvalue weighted by Crippen LogP contribution is 2.35. The number of amides is 1. The van der Waals surface area contributed by atoms with Gasteiger partial charge in [-0.1, -0.05) is 12.1 Å². The Kier molecular flexibility index (Phi) is 7.97. The lowest BCUT2D eigenvalue weighted by molar-refractivity contribution is 0.0673. The average Bonchev–Trinajstić information content (AvgIpc) is 2.98. The van der Waals surface area contributed by atoms with Gasteiger partial charge >= 0.3 is 6.55 Å². The number of anilines is 1. The fourth-order valence-corrected chi connectivity index (χ4v) is 4.41. The number of rotatable bonds is 8. The smallest absolute Gasteiger partial charge is 0.318 e. The molecule has 0 aliphatic carbocycles. The van der Waals surface area contributed by atoms with Gasteiger partial charge in [-0.25, -0.2) is 13.8 Å². The molecule has 0 aliphatic rings. The topological polar surface area (TPSA) is 105 Å². The summed E-state index contributed by atoms with van der Waals surface area (Å²) in [5, 5.41) is 2.36. The molecular weight excluding hydrogens is 572 g/mol. The van der Waals surface area contributed by atoms with Crippen molar-refractivity contribution >= 4 is 22.6 Å². The summed E-state index contributed by atoms with van der Waals surface area (Å²) in [6.07, 6.45) is 2.16. The number of carbonyl (C=O) groups is 1. The fraction of sp³-hybridized carbons (Fsp3) is 0.133. The standard InChI is InChI=1S/C30H22F4N4O5/c1-15-25(16-4-6-17(31)7-5-16)27(39)19(14-38(15)30(33)34)28(40)36-18-8-9-22(20(32)12-18)43-23-10-11-35-21-13-24(41-2)29(42-3)37-26(21)23/h4-14,30H,1-3H3,(H,36,40). The van der Waals surface area contributed by atoms with Gasteiger partial charge in [-0.15, -0.1) is 0 Å². The van der Waals surface area contributed by atoms with E-state index >= 15 is 4.39 Å². The Morgan fingerprint density at radius 3 is 2.35 bits per heavy atom. The molecule has 0 aliphatic heterocycles. The molecule has 43 heavy (non-hydrogen) atoms. The zero-order valence-corrected chi connectivity index (χ0v) is 22.8. The quantitative estimate of drug-likeness (QED) is 0.205. The number of halogens is 4. The number of alkyl halides is 2. The zero-order chi connectivity index (χ0) is 30.8. The molecule has 1 N–H and O–H groups in total. The number of fused-ring (bicyclic) bond motifs is 1. The van der Waals surface area contributed by atoms with Crippen LogP contribution in [0.25, 0.3) is 22.2 Å². The van der Waals surface area contributed by atoms with Gasteiger partial charge in [0.15, 0.2) is 23.1 Å². The van der Waals surface area contributed by atoms with E-state index < -0.39 is 35.1 Å². The Labute approximate surface area is 241 Å². The van der Waals surface area contributed by atoms with E-state index in [0.29, 0.717) is 15.8 Å². The van der Waals surface area contributed by atoms with Crippen molar-refractivity contribution in [2.24, 2.45) is 0 Å². The molecule has 3 heterocycles. The summed E-state index contributed by atoms with van der Waals surface area (Å²) in [6.45, 7) is -1.80. The maximum atomic E-state index is 15.1. The van der Waals surface area contributed by atoms with E-state index in [1.54, 1.807) is 6.07 Å². The van der Waals surface area contributed by atoms with Crippen LogP contribution >= 0.6 is 0 Å². The molecule has 0 fully saturated rings. The first-order chi connectivity index (χ1) is 20.6. The summed E-state index contributed by atoms with van der Waals surface area (Å²) in [7, 11) is 2.85. The minimum atomic E-state index is -3.08. The minimum Gasteiger partial charge on any atom is -0.491 e. The lowest BCUT2D eigenvalue weighted by atomic mass is 10.0. The van der Waals surface area contributed by atoms with E-state index in [1.807, 2.05) is 0 Å². The number of hydrogen-bond acceptors (Lipinski definition) is 7. The maximum absolute atomic E-state index is 15.1. The second-order valence-electron chi connectivity index (χ2n) is 9.10. The lowest BCUT2D eigenvalue weighted by Crippen LogP contribution is -2.26. The largest absolute Gasteiger partial charge is 0.491 e. The molecule has 0 radical (unpaired) electrons. The number of pyridine rings is 3. The molecule has 3 aromatic heterocycles. The molecule has 0 unspecified atom stereocenters. The third-order valence-corrected chi connectivity index (χ3v) is 6.51. The normalized spacial score (nSPS) is 11.1. The van der Waals surface area contributed by atoms with Gasteiger partial charge in [0.2, 0.25) is 5.43 Å². The number of aromatic nitrogens is 3. The molecule has 0 saturated heterocycles. The van der Waals surface area contributed by atoms with Gasteiger partial charge in [0.05, 0.1) is 19.7 Å². The van der Waals surface area contributed by atoms with Crippen molar-refractivity contribution in [3.05, 3.63) is 100 Å². The molecule has 1 amide bonds. The van der Waals surface area contributed by atoms with Crippen molar-refractivity contribution in [3.8, 4) is 34.3 Å². The van der Waals surface area contributed by atoms with Gasteiger partial charge in [0, 0.05) is 47.5 Å². The number of methoxy groups -OCH3 is 2. The first kappa shape index (κ1) is 29.0. The summed E-state index contributed by atoms with van der Waals surface area (Å²) in [5.41, 5.74) is -1.07. The molecule has 9 nitrogen and oxygen atoms in total. The number of benzene rings is 2. The summed E-state index contributed by atoms with van der Waals surface area (Å²) < 4.78 is 72.9. The first-order valence-electron chi connectivity index (χ1n) is 12.6. The van der Waals surface area contributed by atoms with Crippen molar-refractivity contribution in [3.63, 3.8) is 0 Å². The van der Waals surface area contributed by atoms with Crippen LogP contribution < -0.4 is 25.0 Å². The van der Waals surface area contributed by atoms with Gasteiger partial charge in [0.1, 0.15) is 16.9 Å². The van der Waals surface area contributed by atoms with Crippen LogP contribution in [0.1, 0.15) is 22.6 Å². The SMILES string of the molecule is COc1cc2nccc(Oc3ccc(NC(=O)c4cn(C(F)F)c(C)c(-c5ccc(F)cc5)c4=O)cc3F)c2nc1OC. The Bertz CT molecular complexity index is 1910. The van der Waals surface area contributed by atoms with Crippen LogP contribution in [0.3, 0.4) is 0 Å². The molecule has 5 aromatic rings. The Balaban J connectivity index is 1.45. The maximum Gasteiger partial charge on any atom is 0.318 e. The van der Waals surface area contributed by atoms with Crippen LogP contribution in [0.5, 0.6) is 23.1 Å². The first-order valence-corrected chi connectivity index (χ1v) is 12.6. The van der Waals surface area contributed by atoms with Crippen LogP contribution in [0.15, 0.2) is 71.8 Å². The Hall–Kier alpha value is -5.46.